The highest BCUT2D eigenvalue weighted by Crippen LogP contribution is 2.23. The quantitative estimate of drug-likeness (QED) is 0.466. The van der Waals surface area contributed by atoms with Crippen molar-refractivity contribution in [3.05, 3.63) is 66.4 Å². The van der Waals surface area contributed by atoms with Crippen LogP contribution in [0.3, 0.4) is 0 Å². The van der Waals surface area contributed by atoms with E-state index in [0.29, 0.717) is 5.75 Å². The zero-order chi connectivity index (χ0) is 20.6. The SMILES string of the molecule is CCN(CC)c1ccc(/C=N\NC(=O)[C@H](C)Oc2cccc3cccnc23)cc1. The van der Waals surface area contributed by atoms with Crippen molar-refractivity contribution in [3.8, 4) is 5.75 Å². The molecule has 1 atom stereocenters. The Morgan fingerprint density at radius 2 is 1.86 bits per heavy atom. The van der Waals surface area contributed by atoms with Gasteiger partial charge in [-0.2, -0.15) is 5.10 Å². The van der Waals surface area contributed by atoms with Crippen molar-refractivity contribution >= 4 is 28.7 Å². The number of rotatable bonds is 8. The maximum atomic E-state index is 12.3. The van der Waals surface area contributed by atoms with E-state index in [1.165, 1.54) is 5.69 Å². The first-order chi connectivity index (χ1) is 14.1. The summed E-state index contributed by atoms with van der Waals surface area (Å²) in [4.78, 5) is 18.9. The summed E-state index contributed by atoms with van der Waals surface area (Å²) in [7, 11) is 0. The van der Waals surface area contributed by atoms with Crippen LogP contribution in [-0.4, -0.2) is 36.3 Å². The van der Waals surface area contributed by atoms with E-state index < -0.39 is 6.10 Å². The first-order valence-corrected chi connectivity index (χ1v) is 9.80. The lowest BCUT2D eigenvalue weighted by Gasteiger charge is -2.20. The van der Waals surface area contributed by atoms with E-state index >= 15 is 0 Å². The van der Waals surface area contributed by atoms with Gasteiger partial charge in [-0.25, -0.2) is 5.43 Å². The molecule has 0 unspecified atom stereocenters. The molecule has 0 spiro atoms. The Bertz CT molecular complexity index is 976. The molecule has 1 aromatic heterocycles. The number of carbonyl (C=O) groups excluding carboxylic acids is 1. The summed E-state index contributed by atoms with van der Waals surface area (Å²) in [5, 5.41) is 5.01. The molecule has 0 aliphatic rings. The van der Waals surface area contributed by atoms with E-state index in [-0.39, 0.29) is 5.91 Å². The zero-order valence-electron chi connectivity index (χ0n) is 17.0. The Morgan fingerprint density at radius 3 is 2.59 bits per heavy atom. The van der Waals surface area contributed by atoms with Crippen molar-refractivity contribution in [1.82, 2.24) is 10.4 Å². The van der Waals surface area contributed by atoms with Crippen LogP contribution in [-0.2, 0) is 4.79 Å². The minimum Gasteiger partial charge on any atom is -0.479 e. The molecule has 3 aromatic rings. The Morgan fingerprint density at radius 1 is 1.14 bits per heavy atom. The van der Waals surface area contributed by atoms with Gasteiger partial charge in [0.15, 0.2) is 6.10 Å². The lowest BCUT2D eigenvalue weighted by atomic mass is 10.2. The van der Waals surface area contributed by atoms with Crippen molar-refractivity contribution < 1.29 is 9.53 Å². The summed E-state index contributed by atoms with van der Waals surface area (Å²) in [5.74, 6) is 0.246. The first-order valence-electron chi connectivity index (χ1n) is 9.80. The molecular formula is C23H26N4O2. The van der Waals surface area contributed by atoms with E-state index in [2.05, 4.69) is 46.4 Å². The molecule has 0 saturated heterocycles. The Balaban J connectivity index is 1.58. The number of pyridine rings is 1. The van der Waals surface area contributed by atoms with Gasteiger partial charge in [-0.05, 0) is 50.6 Å². The fourth-order valence-electron chi connectivity index (χ4n) is 3.04. The zero-order valence-corrected chi connectivity index (χ0v) is 17.0. The third kappa shape index (κ3) is 5.10. The third-order valence-corrected chi connectivity index (χ3v) is 4.68. The van der Waals surface area contributed by atoms with Crippen molar-refractivity contribution in [3.63, 3.8) is 0 Å². The van der Waals surface area contributed by atoms with Crippen LogP contribution in [0.25, 0.3) is 10.9 Å². The molecule has 2 aromatic carbocycles. The number of carbonyl (C=O) groups is 1. The number of anilines is 1. The van der Waals surface area contributed by atoms with Crippen LogP contribution in [0.5, 0.6) is 5.75 Å². The molecule has 0 radical (unpaired) electrons. The Labute approximate surface area is 171 Å². The molecule has 0 saturated carbocycles. The number of nitrogens with one attached hydrogen (secondary N) is 1. The molecular weight excluding hydrogens is 364 g/mol. The third-order valence-electron chi connectivity index (χ3n) is 4.68. The Hall–Kier alpha value is -3.41. The van der Waals surface area contributed by atoms with Crippen molar-refractivity contribution in [2.45, 2.75) is 26.9 Å². The second-order valence-corrected chi connectivity index (χ2v) is 6.59. The molecule has 0 aliphatic carbocycles. The average molecular weight is 390 g/mol. The number of ether oxygens (including phenoxy) is 1. The number of aromatic nitrogens is 1. The van der Waals surface area contributed by atoms with Crippen LogP contribution in [0.1, 0.15) is 26.3 Å². The molecule has 1 amide bonds. The van der Waals surface area contributed by atoms with E-state index in [1.54, 1.807) is 25.4 Å². The van der Waals surface area contributed by atoms with Gasteiger partial charge in [-0.15, -0.1) is 0 Å². The van der Waals surface area contributed by atoms with Crippen molar-refractivity contribution in [1.29, 1.82) is 0 Å². The van der Waals surface area contributed by atoms with E-state index in [0.717, 1.165) is 29.6 Å². The van der Waals surface area contributed by atoms with E-state index in [4.69, 9.17) is 4.74 Å². The summed E-state index contributed by atoms with van der Waals surface area (Å²) in [6, 6.07) is 17.5. The normalized spacial score (nSPS) is 12.1. The van der Waals surface area contributed by atoms with Gasteiger partial charge in [0.2, 0.25) is 0 Å². The summed E-state index contributed by atoms with van der Waals surface area (Å²) < 4.78 is 5.80. The maximum absolute atomic E-state index is 12.3. The fourth-order valence-corrected chi connectivity index (χ4v) is 3.04. The highest BCUT2D eigenvalue weighted by molar-refractivity contribution is 5.86. The van der Waals surface area contributed by atoms with E-state index in [1.807, 2.05) is 36.4 Å². The number of fused-ring (bicyclic) bond motifs is 1. The number of amides is 1. The van der Waals surface area contributed by atoms with Gasteiger partial charge >= 0.3 is 0 Å². The molecule has 1 N–H and O–H groups in total. The monoisotopic (exact) mass is 390 g/mol. The van der Waals surface area contributed by atoms with Crippen LogP contribution in [0.2, 0.25) is 0 Å². The van der Waals surface area contributed by atoms with Crippen molar-refractivity contribution in [2.24, 2.45) is 5.10 Å². The fraction of sp³-hybridized carbons (Fsp3) is 0.261. The highest BCUT2D eigenvalue weighted by Gasteiger charge is 2.15. The van der Waals surface area contributed by atoms with Gasteiger partial charge in [0.25, 0.3) is 5.91 Å². The molecule has 29 heavy (non-hydrogen) atoms. The summed E-state index contributed by atoms with van der Waals surface area (Å²) in [6.07, 6.45) is 2.62. The second kappa shape index (κ2) is 9.68. The molecule has 3 rings (SSSR count). The number of benzene rings is 2. The number of hydrazone groups is 1. The number of hydrogen-bond acceptors (Lipinski definition) is 5. The number of hydrogen-bond donors (Lipinski definition) is 1. The predicted molar refractivity (Wildman–Crippen MR) is 118 cm³/mol. The van der Waals surface area contributed by atoms with Crippen LogP contribution < -0.4 is 15.1 Å². The molecule has 1 heterocycles. The minimum absolute atomic E-state index is 0.325. The topological polar surface area (TPSA) is 66.8 Å². The first kappa shape index (κ1) is 20.3. The molecule has 6 nitrogen and oxygen atoms in total. The lowest BCUT2D eigenvalue weighted by Crippen LogP contribution is -2.33. The van der Waals surface area contributed by atoms with Gasteiger partial charge in [-0.3, -0.25) is 9.78 Å². The average Bonchev–Trinajstić information content (AvgIpc) is 2.76. The van der Waals surface area contributed by atoms with Crippen LogP contribution in [0.4, 0.5) is 5.69 Å². The Kier molecular flexibility index (Phi) is 6.79. The number of para-hydroxylation sites is 1. The summed E-state index contributed by atoms with van der Waals surface area (Å²) in [6.45, 7) is 7.87. The van der Waals surface area contributed by atoms with Crippen LogP contribution in [0, 0.1) is 0 Å². The molecule has 0 bridgehead atoms. The number of nitrogens with zero attached hydrogens (tertiary/aromatic N) is 3. The maximum Gasteiger partial charge on any atom is 0.280 e. The largest absolute Gasteiger partial charge is 0.479 e. The molecule has 150 valence electrons. The van der Waals surface area contributed by atoms with Crippen LogP contribution in [0.15, 0.2) is 65.9 Å². The summed E-state index contributed by atoms with van der Waals surface area (Å²) in [5.41, 5.74) is 5.34. The molecule has 0 aliphatic heterocycles. The predicted octanol–water partition coefficient (Wildman–Crippen LogP) is 4.00. The lowest BCUT2D eigenvalue weighted by molar-refractivity contribution is -0.127. The van der Waals surface area contributed by atoms with Gasteiger partial charge in [0.05, 0.1) is 6.21 Å². The van der Waals surface area contributed by atoms with E-state index in [9.17, 15) is 4.79 Å². The van der Waals surface area contributed by atoms with Crippen LogP contribution >= 0.6 is 0 Å². The van der Waals surface area contributed by atoms with Crippen molar-refractivity contribution in [2.75, 3.05) is 18.0 Å². The minimum atomic E-state index is -0.704. The van der Waals surface area contributed by atoms with Gasteiger partial charge in [0, 0.05) is 30.4 Å². The standard InChI is InChI=1S/C23H26N4O2/c1-4-27(5-2)20-13-11-18(12-14-20)16-25-26-23(28)17(3)29-21-10-6-8-19-9-7-15-24-22(19)21/h6-17H,4-5H2,1-3H3,(H,26,28)/b25-16-/t17-/m0/s1. The second-order valence-electron chi connectivity index (χ2n) is 6.59. The molecule has 6 heteroatoms. The van der Waals surface area contributed by atoms with Gasteiger partial charge in [0.1, 0.15) is 11.3 Å². The highest BCUT2D eigenvalue weighted by atomic mass is 16.5. The molecule has 0 fully saturated rings. The van der Waals surface area contributed by atoms with Gasteiger partial charge in [-0.1, -0.05) is 30.3 Å². The summed E-state index contributed by atoms with van der Waals surface area (Å²) >= 11 is 0. The van der Waals surface area contributed by atoms with Gasteiger partial charge < -0.3 is 9.64 Å². The smallest absolute Gasteiger partial charge is 0.280 e.